The Hall–Kier alpha value is -2.16. The average Bonchev–Trinajstić information content (AvgIpc) is 3.44. The number of amides is 1. The number of aryl methyl sites for hydroxylation is 2. The van der Waals surface area contributed by atoms with Crippen LogP contribution in [-0.4, -0.2) is 44.9 Å². The molecule has 5 rings (SSSR count). The summed E-state index contributed by atoms with van der Waals surface area (Å²) in [5.74, 6) is 0.378. The second kappa shape index (κ2) is 10.2. The molecule has 1 aromatic carbocycles. The van der Waals surface area contributed by atoms with Gasteiger partial charge in [0.25, 0.3) is 5.56 Å². The molecule has 3 heterocycles. The largest absolute Gasteiger partial charge is 0.376 e. The van der Waals surface area contributed by atoms with E-state index < -0.39 is 0 Å². The van der Waals surface area contributed by atoms with Gasteiger partial charge in [-0.05, 0) is 50.2 Å². The highest BCUT2D eigenvalue weighted by Gasteiger charge is 2.33. The molecule has 0 spiro atoms. The molecule has 0 radical (unpaired) electrons. The van der Waals surface area contributed by atoms with Gasteiger partial charge in [0.15, 0.2) is 5.16 Å². The van der Waals surface area contributed by atoms with Crippen LogP contribution in [0.5, 0.6) is 0 Å². The Kier molecular flexibility index (Phi) is 7.09. The molecular formula is C26H31N3O3S2. The molecular weight excluding hydrogens is 466 g/mol. The standard InChI is InChI=1S/C26H31N3O3S2/c1-3-21-17(2)34-24-23(21)25(31)29(15-20-10-7-13-32-20)26(27-24)33-16-22(30)28(19-11-12-19)14-18-8-5-4-6-9-18/h4-6,8-9,19-20H,3,7,10-16H2,1-2H3. The molecule has 0 N–H and O–H groups in total. The molecule has 180 valence electrons. The minimum atomic E-state index is -0.0000152. The highest BCUT2D eigenvalue weighted by Crippen LogP contribution is 2.32. The molecule has 8 heteroatoms. The van der Waals surface area contributed by atoms with Gasteiger partial charge in [-0.1, -0.05) is 49.0 Å². The van der Waals surface area contributed by atoms with Crippen LogP contribution < -0.4 is 5.56 Å². The molecule has 1 unspecified atom stereocenters. The van der Waals surface area contributed by atoms with Crippen molar-refractivity contribution in [3.8, 4) is 0 Å². The summed E-state index contributed by atoms with van der Waals surface area (Å²) in [6.07, 6.45) is 4.92. The van der Waals surface area contributed by atoms with Crippen LogP contribution in [0.15, 0.2) is 40.3 Å². The molecule has 0 bridgehead atoms. The third kappa shape index (κ3) is 4.95. The lowest BCUT2D eigenvalue weighted by atomic mass is 10.1. The number of hydrogen-bond acceptors (Lipinski definition) is 6. The molecule has 34 heavy (non-hydrogen) atoms. The van der Waals surface area contributed by atoms with Crippen LogP contribution in [0.3, 0.4) is 0 Å². The Balaban J connectivity index is 1.41. The Bertz CT molecular complexity index is 1230. The zero-order valence-corrected chi connectivity index (χ0v) is 21.4. The van der Waals surface area contributed by atoms with Crippen LogP contribution in [-0.2, 0) is 29.0 Å². The van der Waals surface area contributed by atoms with Gasteiger partial charge in [-0.15, -0.1) is 11.3 Å². The maximum absolute atomic E-state index is 13.6. The van der Waals surface area contributed by atoms with Crippen LogP contribution in [0.1, 0.15) is 48.6 Å². The van der Waals surface area contributed by atoms with Crippen LogP contribution in [0.25, 0.3) is 10.2 Å². The van der Waals surface area contributed by atoms with Crippen molar-refractivity contribution in [2.75, 3.05) is 12.4 Å². The molecule has 1 saturated carbocycles. The van der Waals surface area contributed by atoms with Crippen LogP contribution >= 0.6 is 23.1 Å². The number of fused-ring (bicyclic) bond motifs is 1. The third-order valence-corrected chi connectivity index (χ3v) is 8.67. The van der Waals surface area contributed by atoms with E-state index >= 15 is 0 Å². The Morgan fingerprint density at radius 1 is 1.26 bits per heavy atom. The summed E-state index contributed by atoms with van der Waals surface area (Å²) in [5, 5.41) is 1.36. The number of benzene rings is 1. The molecule has 2 aromatic heterocycles. The number of rotatable bonds is 9. The van der Waals surface area contributed by atoms with Crippen LogP contribution in [0.4, 0.5) is 0 Å². The minimum absolute atomic E-state index is 0.0000152. The molecule has 1 amide bonds. The second-order valence-corrected chi connectivity index (χ2v) is 11.3. The number of thioether (sulfide) groups is 1. The van der Waals surface area contributed by atoms with Gasteiger partial charge in [0, 0.05) is 24.1 Å². The molecule has 1 aliphatic heterocycles. The van der Waals surface area contributed by atoms with Gasteiger partial charge in [-0.25, -0.2) is 4.98 Å². The van der Waals surface area contributed by atoms with Crippen LogP contribution in [0.2, 0.25) is 0 Å². The summed E-state index contributed by atoms with van der Waals surface area (Å²) in [5.41, 5.74) is 2.23. The van der Waals surface area contributed by atoms with Crippen molar-refractivity contribution in [3.05, 3.63) is 56.7 Å². The fraction of sp³-hybridized carbons (Fsp3) is 0.500. The van der Waals surface area contributed by atoms with Crippen molar-refractivity contribution >= 4 is 39.2 Å². The predicted molar refractivity (Wildman–Crippen MR) is 138 cm³/mol. The maximum Gasteiger partial charge on any atom is 0.263 e. The van der Waals surface area contributed by atoms with Crippen molar-refractivity contribution in [1.82, 2.24) is 14.5 Å². The third-order valence-electron chi connectivity index (χ3n) is 6.67. The highest BCUT2D eigenvalue weighted by molar-refractivity contribution is 7.99. The minimum Gasteiger partial charge on any atom is -0.376 e. The number of hydrogen-bond donors (Lipinski definition) is 0. The first kappa shape index (κ1) is 23.6. The zero-order chi connectivity index (χ0) is 23.7. The van der Waals surface area contributed by atoms with Crippen molar-refractivity contribution in [1.29, 1.82) is 0 Å². The Morgan fingerprint density at radius 2 is 2.06 bits per heavy atom. The van der Waals surface area contributed by atoms with E-state index in [9.17, 15) is 9.59 Å². The van der Waals surface area contributed by atoms with E-state index in [4.69, 9.17) is 9.72 Å². The molecule has 1 saturated heterocycles. The van der Waals surface area contributed by atoms with Gasteiger partial charge in [0.2, 0.25) is 5.91 Å². The van der Waals surface area contributed by atoms with Gasteiger partial charge in [0.1, 0.15) is 4.83 Å². The molecule has 2 fully saturated rings. The fourth-order valence-corrected chi connectivity index (χ4v) is 6.77. The topological polar surface area (TPSA) is 64.4 Å². The lowest BCUT2D eigenvalue weighted by Gasteiger charge is -2.23. The first-order valence-electron chi connectivity index (χ1n) is 12.2. The van der Waals surface area contributed by atoms with Gasteiger partial charge >= 0.3 is 0 Å². The van der Waals surface area contributed by atoms with Gasteiger partial charge in [0.05, 0.1) is 23.8 Å². The van der Waals surface area contributed by atoms with E-state index in [-0.39, 0.29) is 23.3 Å². The van der Waals surface area contributed by atoms with Crippen molar-refractivity contribution < 1.29 is 9.53 Å². The van der Waals surface area contributed by atoms with E-state index in [0.29, 0.717) is 24.3 Å². The Labute approximate surface area is 208 Å². The van der Waals surface area contributed by atoms with Crippen LogP contribution in [0, 0.1) is 6.92 Å². The quantitative estimate of drug-likeness (QED) is 0.314. The zero-order valence-electron chi connectivity index (χ0n) is 19.8. The SMILES string of the molecule is CCc1c(C)sc2nc(SCC(=O)N(Cc3ccccc3)C3CC3)n(CC3CCCO3)c(=O)c12. The summed E-state index contributed by atoms with van der Waals surface area (Å²) in [4.78, 5) is 35.7. The number of aromatic nitrogens is 2. The summed E-state index contributed by atoms with van der Waals surface area (Å²) < 4.78 is 7.61. The summed E-state index contributed by atoms with van der Waals surface area (Å²) >= 11 is 2.96. The van der Waals surface area contributed by atoms with E-state index in [1.807, 2.05) is 23.1 Å². The maximum atomic E-state index is 13.6. The molecule has 3 aromatic rings. The summed E-state index contributed by atoms with van der Waals surface area (Å²) in [6.45, 7) is 6.00. The first-order chi connectivity index (χ1) is 16.5. The average molecular weight is 498 g/mol. The first-order valence-corrected chi connectivity index (χ1v) is 14.0. The predicted octanol–water partition coefficient (Wildman–Crippen LogP) is 4.79. The van der Waals surface area contributed by atoms with Crippen molar-refractivity contribution in [3.63, 3.8) is 0 Å². The normalized spacial score (nSPS) is 18.0. The summed E-state index contributed by atoms with van der Waals surface area (Å²) in [6, 6.07) is 10.5. The second-order valence-electron chi connectivity index (χ2n) is 9.14. The molecule has 6 nitrogen and oxygen atoms in total. The number of thiophene rings is 1. The molecule has 1 atom stereocenters. The van der Waals surface area contributed by atoms with E-state index in [2.05, 4.69) is 26.0 Å². The van der Waals surface area contributed by atoms with Crippen molar-refractivity contribution in [2.24, 2.45) is 0 Å². The monoisotopic (exact) mass is 497 g/mol. The van der Waals surface area contributed by atoms with E-state index in [0.717, 1.165) is 64.9 Å². The number of ether oxygens (including phenoxy) is 1. The van der Waals surface area contributed by atoms with E-state index in [1.165, 1.54) is 11.8 Å². The lowest BCUT2D eigenvalue weighted by Crippen LogP contribution is -2.34. The summed E-state index contributed by atoms with van der Waals surface area (Å²) in [7, 11) is 0. The van der Waals surface area contributed by atoms with Crippen molar-refractivity contribution in [2.45, 2.75) is 76.3 Å². The van der Waals surface area contributed by atoms with Gasteiger partial charge in [-0.3, -0.25) is 14.2 Å². The lowest BCUT2D eigenvalue weighted by molar-refractivity contribution is -0.129. The molecule has 1 aliphatic carbocycles. The number of carbonyl (C=O) groups excluding carboxylic acids is 1. The highest BCUT2D eigenvalue weighted by atomic mass is 32.2. The number of nitrogens with zero attached hydrogens (tertiary/aromatic N) is 3. The number of carbonyl (C=O) groups is 1. The Morgan fingerprint density at radius 3 is 2.74 bits per heavy atom. The van der Waals surface area contributed by atoms with Gasteiger partial charge < -0.3 is 9.64 Å². The van der Waals surface area contributed by atoms with E-state index in [1.54, 1.807) is 15.9 Å². The smallest absolute Gasteiger partial charge is 0.263 e. The molecule has 2 aliphatic rings. The fourth-order valence-electron chi connectivity index (χ4n) is 4.72. The van der Waals surface area contributed by atoms with Gasteiger partial charge in [-0.2, -0.15) is 0 Å².